The first-order valence-corrected chi connectivity index (χ1v) is 12.0. The van der Waals surface area contributed by atoms with Gasteiger partial charge in [-0.25, -0.2) is 8.42 Å². The minimum atomic E-state index is -3.42. The lowest BCUT2D eigenvalue weighted by molar-refractivity contribution is -0.127. The fraction of sp³-hybridized carbons (Fsp3) is 0.500. The molecule has 2 aromatic rings. The van der Waals surface area contributed by atoms with Gasteiger partial charge in [0.1, 0.15) is 4.21 Å². The van der Waals surface area contributed by atoms with Crippen LogP contribution in [0.1, 0.15) is 37.6 Å². The van der Waals surface area contributed by atoms with Crippen LogP contribution in [0.3, 0.4) is 0 Å². The molecule has 0 aromatic carbocycles. The van der Waals surface area contributed by atoms with Crippen molar-refractivity contribution < 1.29 is 13.2 Å². The number of sulfonamides is 1. The predicted molar refractivity (Wildman–Crippen MR) is 106 cm³/mol. The van der Waals surface area contributed by atoms with Gasteiger partial charge in [0, 0.05) is 23.9 Å². The number of hydrogen-bond donors (Lipinski definition) is 1. The van der Waals surface area contributed by atoms with Crippen LogP contribution in [0.15, 0.2) is 39.2 Å². The van der Waals surface area contributed by atoms with E-state index in [4.69, 9.17) is 0 Å². The Bertz CT molecular complexity index is 806. The molecule has 1 saturated heterocycles. The first-order chi connectivity index (χ1) is 12.4. The quantitative estimate of drug-likeness (QED) is 0.786. The molecule has 0 bridgehead atoms. The minimum Gasteiger partial charge on any atom is -0.348 e. The first-order valence-electron chi connectivity index (χ1n) is 8.77. The monoisotopic (exact) mass is 412 g/mol. The van der Waals surface area contributed by atoms with Crippen LogP contribution in [-0.2, 0) is 14.8 Å². The van der Waals surface area contributed by atoms with E-state index in [0.717, 1.165) is 4.88 Å². The third-order valence-electron chi connectivity index (χ3n) is 4.73. The Labute approximate surface area is 163 Å². The molecule has 0 spiro atoms. The molecule has 0 radical (unpaired) electrons. The summed E-state index contributed by atoms with van der Waals surface area (Å²) in [6, 6.07) is 7.43. The summed E-state index contributed by atoms with van der Waals surface area (Å²) in [5.74, 6) is 0.202. The van der Waals surface area contributed by atoms with Crippen molar-refractivity contribution in [3.05, 3.63) is 39.9 Å². The van der Waals surface area contributed by atoms with E-state index in [0.29, 0.717) is 36.1 Å². The summed E-state index contributed by atoms with van der Waals surface area (Å²) in [4.78, 5) is 13.9. The molecule has 142 valence electrons. The van der Waals surface area contributed by atoms with E-state index in [-0.39, 0.29) is 17.9 Å². The summed E-state index contributed by atoms with van der Waals surface area (Å²) < 4.78 is 27.0. The normalized spacial score (nSPS) is 18.1. The van der Waals surface area contributed by atoms with Crippen molar-refractivity contribution in [1.29, 1.82) is 0 Å². The average molecular weight is 413 g/mol. The number of hydrogen-bond acceptors (Lipinski definition) is 5. The molecule has 26 heavy (non-hydrogen) atoms. The zero-order valence-electron chi connectivity index (χ0n) is 14.9. The van der Waals surface area contributed by atoms with Crippen molar-refractivity contribution in [2.24, 2.45) is 11.8 Å². The lowest BCUT2D eigenvalue weighted by Gasteiger charge is -2.31. The Morgan fingerprint density at radius 3 is 2.35 bits per heavy atom. The largest absolute Gasteiger partial charge is 0.348 e. The first kappa shape index (κ1) is 19.5. The van der Waals surface area contributed by atoms with Gasteiger partial charge in [-0.05, 0) is 41.7 Å². The van der Waals surface area contributed by atoms with Crippen molar-refractivity contribution in [2.75, 3.05) is 13.1 Å². The number of nitrogens with zero attached hydrogens (tertiary/aromatic N) is 1. The molecule has 2 aromatic heterocycles. The Hall–Kier alpha value is -1.22. The third-order valence-corrected chi connectivity index (χ3v) is 8.96. The highest BCUT2D eigenvalue weighted by Gasteiger charge is 2.33. The van der Waals surface area contributed by atoms with Gasteiger partial charge in [-0.15, -0.1) is 22.7 Å². The zero-order valence-corrected chi connectivity index (χ0v) is 17.4. The van der Waals surface area contributed by atoms with Gasteiger partial charge in [-0.1, -0.05) is 26.0 Å². The van der Waals surface area contributed by atoms with Gasteiger partial charge in [-0.2, -0.15) is 4.31 Å². The van der Waals surface area contributed by atoms with E-state index in [1.807, 2.05) is 17.5 Å². The van der Waals surface area contributed by atoms with Crippen molar-refractivity contribution in [2.45, 2.75) is 36.9 Å². The molecule has 3 heterocycles. The molecular weight excluding hydrogens is 388 g/mol. The number of amides is 1. The van der Waals surface area contributed by atoms with Gasteiger partial charge in [0.05, 0.1) is 6.04 Å². The molecule has 1 atom stereocenters. The Balaban J connectivity index is 1.60. The fourth-order valence-electron chi connectivity index (χ4n) is 3.20. The van der Waals surface area contributed by atoms with E-state index in [1.165, 1.54) is 15.6 Å². The summed E-state index contributed by atoms with van der Waals surface area (Å²) >= 11 is 2.88. The smallest absolute Gasteiger partial charge is 0.252 e. The molecule has 5 nitrogen and oxygen atoms in total. The standard InChI is InChI=1S/C18H24N2O3S3/c1-13(2)17(15-5-3-11-24-15)19-18(21)14-7-9-20(10-8-14)26(22,23)16-6-4-12-25-16/h3-6,11-14,17H,7-10H2,1-2H3,(H,19,21). The van der Waals surface area contributed by atoms with Crippen LogP contribution in [0.2, 0.25) is 0 Å². The number of nitrogens with one attached hydrogen (secondary N) is 1. The van der Waals surface area contributed by atoms with Crippen molar-refractivity contribution in [3.63, 3.8) is 0 Å². The summed E-state index contributed by atoms with van der Waals surface area (Å²) in [5, 5.41) is 6.96. The van der Waals surface area contributed by atoms with Crippen LogP contribution in [0.5, 0.6) is 0 Å². The molecule has 1 amide bonds. The molecule has 1 N–H and O–H groups in total. The van der Waals surface area contributed by atoms with Gasteiger partial charge < -0.3 is 5.32 Å². The topological polar surface area (TPSA) is 66.5 Å². The Kier molecular flexibility index (Phi) is 6.17. The SMILES string of the molecule is CC(C)C(NC(=O)C1CCN(S(=O)(=O)c2cccs2)CC1)c1cccs1. The maximum atomic E-state index is 12.7. The van der Waals surface area contributed by atoms with Crippen molar-refractivity contribution in [1.82, 2.24) is 9.62 Å². The average Bonchev–Trinajstić information content (AvgIpc) is 3.32. The highest BCUT2D eigenvalue weighted by molar-refractivity contribution is 7.91. The third kappa shape index (κ3) is 4.19. The van der Waals surface area contributed by atoms with E-state index < -0.39 is 10.0 Å². The summed E-state index contributed by atoms with van der Waals surface area (Å²) in [7, 11) is -3.42. The van der Waals surface area contributed by atoms with Crippen molar-refractivity contribution >= 4 is 38.6 Å². The summed E-state index contributed by atoms with van der Waals surface area (Å²) in [5.41, 5.74) is 0. The predicted octanol–water partition coefficient (Wildman–Crippen LogP) is 3.72. The van der Waals surface area contributed by atoms with Crippen LogP contribution in [0, 0.1) is 11.8 Å². The van der Waals surface area contributed by atoms with Crippen molar-refractivity contribution in [3.8, 4) is 0 Å². The highest BCUT2D eigenvalue weighted by Crippen LogP contribution is 2.29. The fourth-order valence-corrected chi connectivity index (χ4v) is 6.76. The molecule has 1 aliphatic rings. The zero-order chi connectivity index (χ0) is 18.7. The molecule has 1 aliphatic heterocycles. The highest BCUT2D eigenvalue weighted by atomic mass is 32.2. The second-order valence-corrected chi connectivity index (χ2v) is 10.9. The van der Waals surface area contributed by atoms with Crippen LogP contribution in [0.4, 0.5) is 0 Å². The van der Waals surface area contributed by atoms with E-state index in [2.05, 4.69) is 19.2 Å². The summed E-state index contributed by atoms with van der Waals surface area (Å²) in [6.45, 7) is 4.98. The maximum Gasteiger partial charge on any atom is 0.252 e. The number of piperidine rings is 1. The van der Waals surface area contributed by atoms with E-state index in [1.54, 1.807) is 28.8 Å². The molecule has 1 fully saturated rings. The van der Waals surface area contributed by atoms with Gasteiger partial charge >= 0.3 is 0 Å². The lowest BCUT2D eigenvalue weighted by Crippen LogP contribution is -2.44. The number of carbonyl (C=O) groups excluding carboxylic acids is 1. The van der Waals surface area contributed by atoms with E-state index >= 15 is 0 Å². The van der Waals surface area contributed by atoms with Gasteiger partial charge in [0.25, 0.3) is 10.0 Å². The Morgan fingerprint density at radius 2 is 1.81 bits per heavy atom. The van der Waals surface area contributed by atoms with Gasteiger partial charge in [0.2, 0.25) is 5.91 Å². The van der Waals surface area contributed by atoms with Gasteiger partial charge in [-0.3, -0.25) is 4.79 Å². The maximum absolute atomic E-state index is 12.7. The second-order valence-electron chi connectivity index (χ2n) is 6.86. The van der Waals surface area contributed by atoms with E-state index in [9.17, 15) is 13.2 Å². The summed E-state index contributed by atoms with van der Waals surface area (Å²) in [6.07, 6.45) is 1.12. The van der Waals surface area contributed by atoms with Gasteiger partial charge in [0.15, 0.2) is 0 Å². The van der Waals surface area contributed by atoms with Crippen LogP contribution in [0.25, 0.3) is 0 Å². The molecule has 0 saturated carbocycles. The molecular formula is C18H24N2O3S3. The molecule has 1 unspecified atom stereocenters. The minimum absolute atomic E-state index is 0.00961. The lowest BCUT2D eigenvalue weighted by atomic mass is 9.95. The molecule has 8 heteroatoms. The number of rotatable bonds is 6. The second kappa shape index (κ2) is 8.21. The Morgan fingerprint density at radius 1 is 1.15 bits per heavy atom. The van der Waals surface area contributed by atoms with Crippen LogP contribution >= 0.6 is 22.7 Å². The number of carbonyl (C=O) groups is 1. The van der Waals surface area contributed by atoms with Crippen LogP contribution < -0.4 is 5.32 Å². The molecule has 3 rings (SSSR count). The number of thiophene rings is 2. The molecule has 0 aliphatic carbocycles. The van der Waals surface area contributed by atoms with Crippen LogP contribution in [-0.4, -0.2) is 31.7 Å².